The van der Waals surface area contributed by atoms with Gasteiger partial charge in [-0.1, -0.05) is 12.1 Å². The number of aromatic amines is 1. The number of hydrogen-bond acceptors (Lipinski definition) is 4. The lowest BCUT2D eigenvalue weighted by Crippen LogP contribution is -2.23. The summed E-state index contributed by atoms with van der Waals surface area (Å²) >= 11 is 0. The number of aromatic nitrogens is 2. The Balaban J connectivity index is 2.18. The van der Waals surface area contributed by atoms with Crippen LogP contribution in [0.15, 0.2) is 29.1 Å². The number of aryl methyl sites for hydroxylation is 2. The highest BCUT2D eigenvalue weighted by molar-refractivity contribution is 5.47. The lowest BCUT2D eigenvalue weighted by atomic mass is 10.1. The Labute approximate surface area is 124 Å². The normalized spacial score (nSPS) is 12.2. The van der Waals surface area contributed by atoms with Crippen molar-refractivity contribution in [2.45, 2.75) is 33.2 Å². The zero-order valence-electron chi connectivity index (χ0n) is 12.6. The van der Waals surface area contributed by atoms with Crippen molar-refractivity contribution in [3.63, 3.8) is 0 Å². The highest BCUT2D eigenvalue weighted by atomic mass is 16.2. The van der Waals surface area contributed by atoms with E-state index in [9.17, 15) is 4.79 Å². The first kappa shape index (κ1) is 15.3. The van der Waals surface area contributed by atoms with Crippen molar-refractivity contribution in [1.82, 2.24) is 9.97 Å². The summed E-state index contributed by atoms with van der Waals surface area (Å²) in [6.45, 7) is 5.71. The third kappa shape index (κ3) is 3.70. The fourth-order valence-electron chi connectivity index (χ4n) is 2.46. The molecule has 1 heterocycles. The highest BCUT2D eigenvalue weighted by Gasteiger charge is 2.14. The van der Waals surface area contributed by atoms with Gasteiger partial charge in [-0.15, -0.1) is 0 Å². The fourth-order valence-corrected chi connectivity index (χ4v) is 2.46. The summed E-state index contributed by atoms with van der Waals surface area (Å²) in [6, 6.07) is 7.70. The summed E-state index contributed by atoms with van der Waals surface area (Å²) in [6.07, 6.45) is 0.649. The van der Waals surface area contributed by atoms with Crippen molar-refractivity contribution in [2.75, 3.05) is 11.9 Å². The van der Waals surface area contributed by atoms with Gasteiger partial charge in [0.1, 0.15) is 5.82 Å². The first-order chi connectivity index (χ1) is 10.0. The van der Waals surface area contributed by atoms with Crippen LogP contribution in [0.2, 0.25) is 0 Å². The second kappa shape index (κ2) is 6.54. The van der Waals surface area contributed by atoms with Gasteiger partial charge in [-0.2, -0.15) is 0 Å². The van der Waals surface area contributed by atoms with Crippen LogP contribution in [-0.4, -0.2) is 21.7 Å². The van der Waals surface area contributed by atoms with Gasteiger partial charge in [0.2, 0.25) is 0 Å². The minimum absolute atomic E-state index is 0.100. The van der Waals surface area contributed by atoms with Gasteiger partial charge in [0.15, 0.2) is 0 Å². The summed E-state index contributed by atoms with van der Waals surface area (Å²) in [5.41, 5.74) is 3.32. The Kier molecular flexibility index (Phi) is 4.75. The zero-order chi connectivity index (χ0) is 15.4. The van der Waals surface area contributed by atoms with Gasteiger partial charge in [0.25, 0.3) is 5.56 Å². The van der Waals surface area contributed by atoms with Crippen LogP contribution in [0.5, 0.6) is 0 Å². The number of H-pyrrole nitrogens is 1. The van der Waals surface area contributed by atoms with Crippen molar-refractivity contribution in [3.05, 3.63) is 57.3 Å². The average Bonchev–Trinajstić information content (AvgIpc) is 2.40. The van der Waals surface area contributed by atoms with Crippen LogP contribution in [-0.2, 0) is 6.42 Å². The Morgan fingerprint density at radius 1 is 1.29 bits per heavy atom. The molecule has 112 valence electrons. The number of aliphatic hydroxyl groups is 1. The SMILES string of the molecule is Cc1nc(C)c(C(C)Nc2ccc(CCO)cc2)c(=O)[nH]1. The molecule has 0 aliphatic carbocycles. The number of anilines is 1. The average molecular weight is 287 g/mol. The minimum atomic E-state index is -0.134. The monoisotopic (exact) mass is 287 g/mol. The fraction of sp³-hybridized carbons (Fsp3) is 0.375. The van der Waals surface area contributed by atoms with Crippen LogP contribution in [0.3, 0.4) is 0 Å². The number of hydrogen-bond donors (Lipinski definition) is 3. The molecule has 5 nitrogen and oxygen atoms in total. The third-order valence-corrected chi connectivity index (χ3v) is 3.43. The Hall–Kier alpha value is -2.14. The van der Waals surface area contributed by atoms with E-state index < -0.39 is 0 Å². The van der Waals surface area contributed by atoms with Gasteiger partial charge in [0, 0.05) is 12.3 Å². The largest absolute Gasteiger partial charge is 0.396 e. The minimum Gasteiger partial charge on any atom is -0.396 e. The second-order valence-corrected chi connectivity index (χ2v) is 5.19. The van der Waals surface area contributed by atoms with Crippen LogP contribution < -0.4 is 10.9 Å². The van der Waals surface area contributed by atoms with Crippen LogP contribution in [0.25, 0.3) is 0 Å². The summed E-state index contributed by atoms with van der Waals surface area (Å²) in [5.74, 6) is 0.627. The van der Waals surface area contributed by atoms with Gasteiger partial charge in [-0.25, -0.2) is 4.98 Å². The molecule has 1 atom stereocenters. The van der Waals surface area contributed by atoms with Crippen molar-refractivity contribution in [3.8, 4) is 0 Å². The van der Waals surface area contributed by atoms with Crippen LogP contribution in [0, 0.1) is 13.8 Å². The lowest BCUT2D eigenvalue weighted by Gasteiger charge is -2.17. The van der Waals surface area contributed by atoms with Crippen molar-refractivity contribution in [1.29, 1.82) is 0 Å². The molecule has 0 saturated heterocycles. The molecule has 0 spiro atoms. The molecular formula is C16H21N3O2. The molecule has 0 bridgehead atoms. The number of nitrogens with zero attached hydrogens (tertiary/aromatic N) is 1. The zero-order valence-corrected chi connectivity index (χ0v) is 12.6. The van der Waals surface area contributed by atoms with E-state index in [4.69, 9.17) is 5.11 Å². The highest BCUT2D eigenvalue weighted by Crippen LogP contribution is 2.19. The molecule has 1 aromatic carbocycles. The second-order valence-electron chi connectivity index (χ2n) is 5.19. The molecule has 0 fully saturated rings. The van der Waals surface area contributed by atoms with E-state index in [-0.39, 0.29) is 18.2 Å². The molecule has 0 aliphatic heterocycles. The molecule has 0 radical (unpaired) electrons. The van der Waals surface area contributed by atoms with E-state index in [0.29, 0.717) is 17.8 Å². The van der Waals surface area contributed by atoms with Gasteiger partial charge in [-0.3, -0.25) is 4.79 Å². The van der Waals surface area contributed by atoms with Gasteiger partial charge < -0.3 is 15.4 Å². The standard InChI is InChI=1S/C16H21N3O2/c1-10-15(16(21)19-12(3)17-10)11(2)18-14-6-4-13(5-7-14)8-9-20/h4-7,11,18,20H,8-9H2,1-3H3,(H,17,19,21). The van der Waals surface area contributed by atoms with Gasteiger partial charge in [-0.05, 0) is 44.9 Å². The molecule has 0 saturated carbocycles. The van der Waals surface area contributed by atoms with E-state index in [0.717, 1.165) is 16.9 Å². The van der Waals surface area contributed by atoms with Crippen LogP contribution in [0.4, 0.5) is 5.69 Å². The molecule has 0 aliphatic rings. The van der Waals surface area contributed by atoms with E-state index >= 15 is 0 Å². The quantitative estimate of drug-likeness (QED) is 0.787. The third-order valence-electron chi connectivity index (χ3n) is 3.43. The predicted octanol–water partition coefficient (Wildman–Crippen LogP) is 2.09. The van der Waals surface area contributed by atoms with E-state index in [2.05, 4.69) is 15.3 Å². The molecule has 3 N–H and O–H groups in total. The topological polar surface area (TPSA) is 78.0 Å². The summed E-state index contributed by atoms with van der Waals surface area (Å²) < 4.78 is 0. The smallest absolute Gasteiger partial charge is 0.256 e. The molecular weight excluding hydrogens is 266 g/mol. The summed E-state index contributed by atoms with van der Waals surface area (Å²) in [7, 11) is 0. The molecule has 0 amide bonds. The molecule has 2 aromatic rings. The molecule has 21 heavy (non-hydrogen) atoms. The maximum atomic E-state index is 12.1. The predicted molar refractivity (Wildman–Crippen MR) is 83.6 cm³/mol. The van der Waals surface area contributed by atoms with Crippen molar-refractivity contribution in [2.24, 2.45) is 0 Å². The molecule has 1 unspecified atom stereocenters. The van der Waals surface area contributed by atoms with Crippen LogP contribution >= 0.6 is 0 Å². The first-order valence-electron chi connectivity index (χ1n) is 7.05. The number of rotatable bonds is 5. The van der Waals surface area contributed by atoms with E-state index in [1.165, 1.54) is 0 Å². The molecule has 1 aromatic heterocycles. The van der Waals surface area contributed by atoms with E-state index in [1.807, 2.05) is 38.1 Å². The summed E-state index contributed by atoms with van der Waals surface area (Å²) in [4.78, 5) is 19.1. The van der Waals surface area contributed by atoms with Gasteiger partial charge in [0.05, 0.1) is 17.3 Å². The van der Waals surface area contributed by atoms with Crippen LogP contribution in [0.1, 0.15) is 35.6 Å². The number of benzene rings is 1. The maximum absolute atomic E-state index is 12.1. The Bertz CT molecular complexity index is 662. The maximum Gasteiger partial charge on any atom is 0.256 e. The lowest BCUT2D eigenvalue weighted by molar-refractivity contribution is 0.299. The molecule has 2 rings (SSSR count). The Morgan fingerprint density at radius 2 is 1.95 bits per heavy atom. The van der Waals surface area contributed by atoms with Crippen molar-refractivity contribution < 1.29 is 5.11 Å². The Morgan fingerprint density at radius 3 is 2.52 bits per heavy atom. The molecule has 5 heteroatoms. The number of aliphatic hydroxyl groups excluding tert-OH is 1. The summed E-state index contributed by atoms with van der Waals surface area (Å²) in [5, 5.41) is 12.2. The van der Waals surface area contributed by atoms with Gasteiger partial charge >= 0.3 is 0 Å². The van der Waals surface area contributed by atoms with E-state index in [1.54, 1.807) is 6.92 Å². The van der Waals surface area contributed by atoms with Crippen molar-refractivity contribution >= 4 is 5.69 Å². The number of nitrogens with one attached hydrogen (secondary N) is 2. The first-order valence-corrected chi connectivity index (χ1v) is 7.05.